The number of likely N-dealkylation sites (N-methyl/N-ethyl adjacent to an activating group) is 1. The highest BCUT2D eigenvalue weighted by atomic mass is 32.2. The van der Waals surface area contributed by atoms with E-state index in [0.29, 0.717) is 0 Å². The average molecular weight is 328 g/mol. The van der Waals surface area contributed by atoms with Gasteiger partial charge in [0.1, 0.15) is 0 Å². The van der Waals surface area contributed by atoms with Gasteiger partial charge in [-0.2, -0.15) is 21.6 Å². The third kappa shape index (κ3) is 9.40. The third-order valence-electron chi connectivity index (χ3n) is 2.23. The zero-order valence-electron chi connectivity index (χ0n) is 11.7. The molecule has 0 heterocycles. The average Bonchev–Trinajstić information content (AvgIpc) is 2.26. The molecule has 0 fully saturated rings. The van der Waals surface area contributed by atoms with Crippen LogP contribution in [0.2, 0.25) is 0 Å². The van der Waals surface area contributed by atoms with Gasteiger partial charge in [0.2, 0.25) is 0 Å². The molecule has 1 rings (SSSR count). The number of hydrogen-bond donors (Lipinski definition) is 2. The molecule has 1 aromatic rings. The van der Waals surface area contributed by atoms with Gasteiger partial charge in [0.25, 0.3) is 0 Å². The maximum absolute atomic E-state index is 10.7. The van der Waals surface area contributed by atoms with Gasteiger partial charge >= 0.3 is 15.6 Å². The maximum Gasteiger partial charge on any atom is 0.522 e. The van der Waals surface area contributed by atoms with E-state index in [9.17, 15) is 13.2 Å². The fraction of sp³-hybridized carbons (Fsp3) is 0.500. The molecule has 1 atom stereocenters. The van der Waals surface area contributed by atoms with Crippen molar-refractivity contribution in [2.75, 3.05) is 20.6 Å². The Hall–Kier alpha value is -1.16. The topological polar surface area (TPSA) is 83.6 Å². The fourth-order valence-corrected chi connectivity index (χ4v) is 1.45. The second-order valence-corrected chi connectivity index (χ2v) is 6.05. The summed E-state index contributed by atoms with van der Waals surface area (Å²) >= 11 is 0. The molecule has 5 nitrogen and oxygen atoms in total. The lowest BCUT2D eigenvalue weighted by Crippen LogP contribution is -2.34. The highest BCUT2D eigenvalue weighted by molar-refractivity contribution is 7.86. The molecule has 0 aliphatic rings. The minimum absolute atomic E-state index is 0.234. The first kappa shape index (κ1) is 19.8. The first-order valence-electron chi connectivity index (χ1n) is 5.91. The molecule has 0 bridgehead atoms. The summed E-state index contributed by atoms with van der Waals surface area (Å²) in [7, 11) is -1.75. The third-order valence-corrected chi connectivity index (χ3v) is 2.82. The minimum atomic E-state index is -5.84. The fourth-order valence-electron chi connectivity index (χ4n) is 1.45. The van der Waals surface area contributed by atoms with Crippen molar-refractivity contribution in [2.24, 2.45) is 5.73 Å². The number of nitrogens with two attached hydrogens (primary N) is 1. The maximum atomic E-state index is 10.7. The van der Waals surface area contributed by atoms with Gasteiger partial charge in [-0.3, -0.25) is 4.55 Å². The Balaban J connectivity index is 0.000000433. The summed E-state index contributed by atoms with van der Waals surface area (Å²) < 4.78 is 57.5. The normalized spacial score (nSPS) is 13.5. The van der Waals surface area contributed by atoms with Crippen LogP contribution in [-0.2, 0) is 16.5 Å². The quantitative estimate of drug-likeness (QED) is 0.647. The van der Waals surface area contributed by atoms with Gasteiger partial charge < -0.3 is 10.6 Å². The van der Waals surface area contributed by atoms with Crippen molar-refractivity contribution in [3.05, 3.63) is 35.9 Å². The van der Waals surface area contributed by atoms with Crippen LogP contribution in [0.4, 0.5) is 13.2 Å². The van der Waals surface area contributed by atoms with E-state index in [2.05, 4.69) is 29.2 Å². The van der Waals surface area contributed by atoms with Crippen molar-refractivity contribution in [1.82, 2.24) is 4.90 Å². The largest absolute Gasteiger partial charge is 0.522 e. The lowest BCUT2D eigenvalue weighted by atomic mass is 10.1. The van der Waals surface area contributed by atoms with E-state index in [1.807, 2.05) is 20.2 Å². The van der Waals surface area contributed by atoms with Crippen LogP contribution < -0.4 is 5.73 Å². The Bertz CT molecular complexity index is 504. The molecule has 0 aliphatic heterocycles. The molecular weight excluding hydrogens is 309 g/mol. The summed E-state index contributed by atoms with van der Waals surface area (Å²) in [5.74, 6) is 0. The molecular formula is C12H19F3N2O3S. The van der Waals surface area contributed by atoms with Gasteiger partial charge in [0.05, 0.1) is 0 Å². The Labute approximate surface area is 122 Å². The van der Waals surface area contributed by atoms with Gasteiger partial charge in [-0.05, 0) is 26.1 Å². The van der Waals surface area contributed by atoms with Gasteiger partial charge in [-0.25, -0.2) is 0 Å². The summed E-state index contributed by atoms with van der Waals surface area (Å²) in [5.41, 5.74) is 1.75. The van der Waals surface area contributed by atoms with Gasteiger partial charge in [-0.1, -0.05) is 30.3 Å². The Kier molecular flexibility index (Phi) is 7.86. The van der Waals surface area contributed by atoms with E-state index in [4.69, 9.17) is 18.7 Å². The summed E-state index contributed by atoms with van der Waals surface area (Å²) in [6.45, 7) is 0.939. The molecule has 0 radical (unpaired) electrons. The smallest absolute Gasteiger partial charge is 0.326 e. The Morgan fingerprint density at radius 1 is 1.24 bits per heavy atom. The van der Waals surface area contributed by atoms with Crippen molar-refractivity contribution in [2.45, 2.75) is 18.0 Å². The van der Waals surface area contributed by atoms with E-state index < -0.39 is 15.6 Å². The number of nitrogens with zero attached hydrogens (tertiary/aromatic N) is 1. The highest BCUT2D eigenvalue weighted by Crippen LogP contribution is 2.20. The van der Waals surface area contributed by atoms with Gasteiger partial charge in [0, 0.05) is 12.6 Å². The standard InChI is InChI=1S/C11H18N2.CHF3O3S/c1-13(2)9-11(12)8-10-6-4-3-5-7-10;2-1(3,4)8(5,6)7/h3-7,11H,8-9,12H2,1-2H3;(H,5,6,7)/t11-;/m0./s1. The molecule has 0 saturated heterocycles. The minimum Gasteiger partial charge on any atom is -0.326 e. The summed E-state index contributed by atoms with van der Waals surface area (Å²) in [5, 5.41) is 0. The molecule has 122 valence electrons. The van der Waals surface area contributed by atoms with Crippen molar-refractivity contribution in [3.8, 4) is 0 Å². The van der Waals surface area contributed by atoms with Crippen LogP contribution in [0, 0.1) is 0 Å². The number of alkyl halides is 3. The van der Waals surface area contributed by atoms with E-state index >= 15 is 0 Å². The van der Waals surface area contributed by atoms with E-state index in [-0.39, 0.29) is 6.04 Å². The van der Waals surface area contributed by atoms with E-state index in [1.54, 1.807) is 0 Å². The van der Waals surface area contributed by atoms with Gasteiger partial charge in [0.15, 0.2) is 0 Å². The molecule has 0 aromatic heterocycles. The molecule has 0 aliphatic carbocycles. The highest BCUT2D eigenvalue weighted by Gasteiger charge is 2.44. The van der Waals surface area contributed by atoms with Crippen molar-refractivity contribution < 1.29 is 26.1 Å². The molecule has 9 heteroatoms. The van der Waals surface area contributed by atoms with Crippen molar-refractivity contribution >= 4 is 10.1 Å². The van der Waals surface area contributed by atoms with Crippen LogP contribution in [0.3, 0.4) is 0 Å². The van der Waals surface area contributed by atoms with Crippen molar-refractivity contribution in [1.29, 1.82) is 0 Å². The van der Waals surface area contributed by atoms with Crippen LogP contribution in [0.15, 0.2) is 30.3 Å². The molecule has 0 unspecified atom stereocenters. The lowest BCUT2D eigenvalue weighted by Gasteiger charge is -2.16. The predicted octanol–water partition coefficient (Wildman–Crippen LogP) is 1.51. The second kappa shape index (κ2) is 8.32. The molecule has 0 saturated carbocycles. The van der Waals surface area contributed by atoms with Crippen molar-refractivity contribution in [3.63, 3.8) is 0 Å². The van der Waals surface area contributed by atoms with Crippen LogP contribution >= 0.6 is 0 Å². The van der Waals surface area contributed by atoms with Crippen LogP contribution in [0.1, 0.15) is 5.56 Å². The van der Waals surface area contributed by atoms with Crippen LogP contribution in [0.25, 0.3) is 0 Å². The number of benzene rings is 1. The number of rotatable bonds is 4. The lowest BCUT2D eigenvalue weighted by molar-refractivity contribution is -0.0510. The van der Waals surface area contributed by atoms with Crippen LogP contribution in [0.5, 0.6) is 0 Å². The Morgan fingerprint density at radius 3 is 2.00 bits per heavy atom. The SMILES string of the molecule is CN(C)C[C@@H](N)Cc1ccccc1.O=S(=O)(O)C(F)(F)F. The second-order valence-electron chi connectivity index (χ2n) is 4.63. The molecule has 3 N–H and O–H groups in total. The number of halogens is 3. The zero-order valence-corrected chi connectivity index (χ0v) is 12.5. The van der Waals surface area contributed by atoms with E-state index in [0.717, 1.165) is 13.0 Å². The monoisotopic (exact) mass is 328 g/mol. The summed E-state index contributed by atoms with van der Waals surface area (Å²) in [6, 6.07) is 10.6. The van der Waals surface area contributed by atoms with Gasteiger partial charge in [-0.15, -0.1) is 0 Å². The summed E-state index contributed by atoms with van der Waals surface area (Å²) in [4.78, 5) is 2.12. The molecule has 0 amide bonds. The predicted molar refractivity (Wildman–Crippen MR) is 74.3 cm³/mol. The Morgan fingerprint density at radius 2 is 1.67 bits per heavy atom. The number of hydrogen-bond acceptors (Lipinski definition) is 4. The molecule has 1 aromatic carbocycles. The van der Waals surface area contributed by atoms with E-state index in [1.165, 1.54) is 5.56 Å². The first-order valence-corrected chi connectivity index (χ1v) is 7.35. The first-order chi connectivity index (χ1) is 9.43. The summed E-state index contributed by atoms with van der Waals surface area (Å²) in [6.07, 6.45) is 0.957. The molecule has 21 heavy (non-hydrogen) atoms. The zero-order chi connectivity index (χ0) is 16.7. The van der Waals surface area contributed by atoms with Crippen LogP contribution in [-0.4, -0.2) is 50.1 Å². The molecule has 0 spiro atoms.